The summed E-state index contributed by atoms with van der Waals surface area (Å²) in [7, 11) is 0. The van der Waals surface area contributed by atoms with E-state index >= 15 is 0 Å². The van der Waals surface area contributed by atoms with Gasteiger partial charge in [-0.3, -0.25) is 9.59 Å². The molecule has 1 aromatic carbocycles. The lowest BCUT2D eigenvalue weighted by atomic mass is 10.1. The topological polar surface area (TPSA) is 84.0 Å². The highest BCUT2D eigenvalue weighted by Gasteiger charge is 2.26. The summed E-state index contributed by atoms with van der Waals surface area (Å²) in [5.41, 5.74) is 2.05. The van der Waals surface area contributed by atoms with Gasteiger partial charge in [-0.05, 0) is 43.4 Å². The molecule has 2 amide bonds. The minimum absolute atomic E-state index is 0.0483. The summed E-state index contributed by atoms with van der Waals surface area (Å²) < 4.78 is 0. The maximum Gasteiger partial charge on any atom is 0.258 e. The molecule has 25 heavy (non-hydrogen) atoms. The number of nitrogens with zero attached hydrogens (tertiary/aromatic N) is 2. The zero-order chi connectivity index (χ0) is 17.2. The van der Waals surface area contributed by atoms with Crippen LogP contribution in [0.25, 0.3) is 0 Å². The zero-order valence-corrected chi connectivity index (χ0v) is 13.9. The van der Waals surface area contributed by atoms with E-state index in [0.717, 1.165) is 37.1 Å². The molecule has 2 aliphatic rings. The molecular weight excluding hydrogens is 316 g/mol. The lowest BCUT2D eigenvalue weighted by molar-refractivity contribution is -0.120. The lowest BCUT2D eigenvalue weighted by Gasteiger charge is -2.07. The zero-order valence-electron chi connectivity index (χ0n) is 13.9. The van der Waals surface area contributed by atoms with Gasteiger partial charge in [0.1, 0.15) is 5.82 Å². The van der Waals surface area contributed by atoms with Crippen molar-refractivity contribution in [3.05, 3.63) is 53.6 Å². The number of aromatic nitrogens is 2. The van der Waals surface area contributed by atoms with E-state index in [1.165, 1.54) is 0 Å². The summed E-state index contributed by atoms with van der Waals surface area (Å²) in [5, 5.41) is 5.79. The Bertz CT molecular complexity index is 778. The Hall–Kier alpha value is -2.76. The van der Waals surface area contributed by atoms with Gasteiger partial charge in [0.05, 0.1) is 12.0 Å². The fourth-order valence-corrected chi connectivity index (χ4v) is 2.61. The molecule has 0 aliphatic heterocycles. The van der Waals surface area contributed by atoms with Gasteiger partial charge in [-0.25, -0.2) is 9.97 Å². The molecule has 6 nitrogen and oxygen atoms in total. The van der Waals surface area contributed by atoms with Gasteiger partial charge in [0.15, 0.2) is 0 Å². The molecule has 0 unspecified atom stereocenters. The summed E-state index contributed by atoms with van der Waals surface area (Å²) in [5.74, 6) is 1.11. The highest BCUT2D eigenvalue weighted by molar-refractivity contribution is 6.03. The van der Waals surface area contributed by atoms with Crippen molar-refractivity contribution in [3.8, 4) is 0 Å². The fourth-order valence-electron chi connectivity index (χ4n) is 2.61. The molecule has 0 bridgehead atoms. The van der Waals surface area contributed by atoms with Crippen LogP contribution < -0.4 is 10.6 Å². The van der Waals surface area contributed by atoms with Gasteiger partial charge >= 0.3 is 0 Å². The van der Waals surface area contributed by atoms with Gasteiger partial charge < -0.3 is 10.6 Å². The van der Waals surface area contributed by atoms with Crippen LogP contribution in [0.1, 0.15) is 53.3 Å². The minimum atomic E-state index is -0.235. The molecule has 0 spiro atoms. The normalized spacial score (nSPS) is 16.3. The summed E-state index contributed by atoms with van der Waals surface area (Å²) in [6.07, 6.45) is 7.96. The number of anilines is 1. The third kappa shape index (κ3) is 4.21. The Balaban J connectivity index is 1.33. The van der Waals surface area contributed by atoms with E-state index in [0.29, 0.717) is 29.6 Å². The number of amides is 2. The first-order chi connectivity index (χ1) is 12.2. The Morgan fingerprint density at radius 3 is 2.28 bits per heavy atom. The van der Waals surface area contributed by atoms with E-state index in [1.807, 2.05) is 12.1 Å². The Morgan fingerprint density at radius 1 is 1.00 bits per heavy atom. The van der Waals surface area contributed by atoms with Crippen LogP contribution in [0, 0.1) is 0 Å². The Kier molecular flexibility index (Phi) is 4.17. The molecule has 1 heterocycles. The predicted octanol–water partition coefficient (Wildman–Crippen LogP) is 2.43. The molecule has 0 saturated heterocycles. The number of benzene rings is 1. The molecule has 0 atom stereocenters. The van der Waals surface area contributed by atoms with E-state index in [4.69, 9.17) is 0 Å². The molecule has 2 fully saturated rings. The highest BCUT2D eigenvalue weighted by atomic mass is 16.2. The number of nitrogens with one attached hydrogen (secondary N) is 2. The molecule has 2 saturated carbocycles. The molecule has 2 aromatic rings. The number of carbonyl (C=O) groups is 2. The van der Waals surface area contributed by atoms with Crippen LogP contribution in [0.3, 0.4) is 0 Å². The number of hydrogen-bond donors (Lipinski definition) is 2. The molecule has 2 N–H and O–H groups in total. The average Bonchev–Trinajstić information content (AvgIpc) is 3.51. The molecule has 6 heteroatoms. The smallest absolute Gasteiger partial charge is 0.258 e. The average molecular weight is 336 g/mol. The van der Waals surface area contributed by atoms with Crippen LogP contribution >= 0.6 is 0 Å². The van der Waals surface area contributed by atoms with Crippen molar-refractivity contribution in [1.82, 2.24) is 15.3 Å². The largest absolute Gasteiger partial charge is 0.353 e. The minimum Gasteiger partial charge on any atom is -0.353 e. The first-order valence-electron chi connectivity index (χ1n) is 8.69. The molecule has 1 aromatic heterocycles. The van der Waals surface area contributed by atoms with Crippen LogP contribution in [0.4, 0.5) is 5.69 Å². The van der Waals surface area contributed by atoms with E-state index in [9.17, 15) is 9.59 Å². The van der Waals surface area contributed by atoms with Crippen molar-refractivity contribution < 1.29 is 9.59 Å². The molecule has 128 valence electrons. The quantitative estimate of drug-likeness (QED) is 0.848. The second kappa shape index (κ2) is 6.63. The SMILES string of the molecule is O=C(Cc1ccc(NC(=O)c2cnc(C3CC3)nc2)cc1)NC1CC1. The standard InChI is InChI=1S/C19H20N4O2/c24-17(22-15-7-8-15)9-12-1-5-16(6-2-12)23-19(25)14-10-20-18(21-11-14)13-3-4-13/h1-2,5-6,10-11,13,15H,3-4,7-9H2,(H,22,24)(H,23,25). The Morgan fingerprint density at radius 2 is 1.68 bits per heavy atom. The van der Waals surface area contributed by atoms with E-state index in [-0.39, 0.29) is 11.8 Å². The van der Waals surface area contributed by atoms with Crippen molar-refractivity contribution in [2.75, 3.05) is 5.32 Å². The highest BCUT2D eigenvalue weighted by Crippen LogP contribution is 2.37. The third-order valence-corrected chi connectivity index (χ3v) is 4.40. The molecule has 0 radical (unpaired) electrons. The summed E-state index contributed by atoms with van der Waals surface area (Å²) in [6, 6.07) is 7.69. The van der Waals surface area contributed by atoms with Gasteiger partial charge in [-0.2, -0.15) is 0 Å². The van der Waals surface area contributed by atoms with Gasteiger partial charge in [-0.15, -0.1) is 0 Å². The Labute approximate surface area is 146 Å². The number of hydrogen-bond acceptors (Lipinski definition) is 4. The number of rotatable bonds is 6. The summed E-state index contributed by atoms with van der Waals surface area (Å²) in [4.78, 5) is 32.6. The van der Waals surface area contributed by atoms with Gasteiger partial charge in [-0.1, -0.05) is 12.1 Å². The summed E-state index contributed by atoms with van der Waals surface area (Å²) >= 11 is 0. The van der Waals surface area contributed by atoms with E-state index in [1.54, 1.807) is 24.5 Å². The van der Waals surface area contributed by atoms with Crippen LogP contribution in [0.15, 0.2) is 36.7 Å². The monoisotopic (exact) mass is 336 g/mol. The second-order valence-electron chi connectivity index (χ2n) is 6.77. The second-order valence-corrected chi connectivity index (χ2v) is 6.77. The van der Waals surface area contributed by atoms with Crippen LogP contribution in [0.2, 0.25) is 0 Å². The van der Waals surface area contributed by atoms with Gasteiger partial charge in [0.25, 0.3) is 5.91 Å². The molecular formula is C19H20N4O2. The van der Waals surface area contributed by atoms with Crippen molar-refractivity contribution in [2.45, 2.75) is 44.1 Å². The molecule has 4 rings (SSSR count). The fraction of sp³-hybridized carbons (Fsp3) is 0.368. The maximum atomic E-state index is 12.2. The molecule has 2 aliphatic carbocycles. The predicted molar refractivity (Wildman–Crippen MR) is 93.3 cm³/mol. The van der Waals surface area contributed by atoms with Gasteiger partial charge in [0.2, 0.25) is 5.91 Å². The van der Waals surface area contributed by atoms with E-state index < -0.39 is 0 Å². The van der Waals surface area contributed by atoms with Crippen LogP contribution in [-0.4, -0.2) is 27.8 Å². The first kappa shape index (κ1) is 15.7. The van der Waals surface area contributed by atoms with E-state index in [2.05, 4.69) is 20.6 Å². The first-order valence-corrected chi connectivity index (χ1v) is 8.69. The van der Waals surface area contributed by atoms with Crippen molar-refractivity contribution in [1.29, 1.82) is 0 Å². The van der Waals surface area contributed by atoms with Crippen LogP contribution in [-0.2, 0) is 11.2 Å². The van der Waals surface area contributed by atoms with Crippen molar-refractivity contribution in [2.24, 2.45) is 0 Å². The van der Waals surface area contributed by atoms with Crippen molar-refractivity contribution >= 4 is 17.5 Å². The van der Waals surface area contributed by atoms with Crippen LogP contribution in [0.5, 0.6) is 0 Å². The lowest BCUT2D eigenvalue weighted by Crippen LogP contribution is -2.26. The van der Waals surface area contributed by atoms with Crippen molar-refractivity contribution in [3.63, 3.8) is 0 Å². The summed E-state index contributed by atoms with van der Waals surface area (Å²) in [6.45, 7) is 0. The van der Waals surface area contributed by atoms with Gasteiger partial charge in [0, 0.05) is 30.0 Å². The third-order valence-electron chi connectivity index (χ3n) is 4.40. The maximum absolute atomic E-state index is 12.2. The number of carbonyl (C=O) groups excluding carboxylic acids is 2.